The fourth-order valence-corrected chi connectivity index (χ4v) is 2.87. The molecule has 0 radical (unpaired) electrons. The van der Waals surface area contributed by atoms with Crippen LogP contribution in [0.2, 0.25) is 0 Å². The average molecular weight is 377 g/mol. The summed E-state index contributed by atoms with van der Waals surface area (Å²) in [5.74, 6) is 0.0923. The highest BCUT2D eigenvalue weighted by Gasteiger charge is 2.08. The summed E-state index contributed by atoms with van der Waals surface area (Å²) in [6.45, 7) is 0.0119. The number of benzene rings is 2. The molecule has 0 unspecified atom stereocenters. The molecule has 138 valence electrons. The van der Waals surface area contributed by atoms with E-state index in [2.05, 4.69) is 5.32 Å². The Bertz CT molecular complexity index is 737. The number of hydrogen-bond donors (Lipinski definition) is 1. The van der Waals surface area contributed by atoms with Crippen molar-refractivity contribution >= 4 is 23.6 Å². The molecule has 26 heavy (non-hydrogen) atoms. The summed E-state index contributed by atoms with van der Waals surface area (Å²) in [5, 5.41) is 2.68. The minimum atomic E-state index is -0.448. The lowest BCUT2D eigenvalue weighted by molar-refractivity contribution is -0.148. The minimum absolute atomic E-state index is 0.172. The first-order chi connectivity index (χ1) is 12.6. The lowest BCUT2D eigenvalue weighted by Crippen LogP contribution is -2.28. The van der Waals surface area contributed by atoms with Gasteiger partial charge in [-0.25, -0.2) is 4.39 Å². The van der Waals surface area contributed by atoms with Crippen molar-refractivity contribution in [3.05, 3.63) is 59.9 Å². The molecule has 2 aromatic rings. The Morgan fingerprint density at radius 3 is 2.65 bits per heavy atom. The predicted molar refractivity (Wildman–Crippen MR) is 97.5 cm³/mol. The first-order valence-electron chi connectivity index (χ1n) is 8.00. The number of esters is 1. The van der Waals surface area contributed by atoms with Crippen LogP contribution in [0.15, 0.2) is 53.4 Å². The molecule has 0 saturated carbocycles. The molecule has 5 nitrogen and oxygen atoms in total. The number of amides is 1. The zero-order valence-corrected chi connectivity index (χ0v) is 15.2. The van der Waals surface area contributed by atoms with Gasteiger partial charge >= 0.3 is 5.97 Å². The summed E-state index contributed by atoms with van der Waals surface area (Å²) in [6.07, 6.45) is 0.172. The summed E-state index contributed by atoms with van der Waals surface area (Å²) in [5.41, 5.74) is 0.889. The van der Waals surface area contributed by atoms with Gasteiger partial charge in [0.05, 0.1) is 13.5 Å². The Balaban J connectivity index is 1.61. The van der Waals surface area contributed by atoms with Crippen LogP contribution in [0.3, 0.4) is 0 Å². The SMILES string of the molecule is COc1cccc(CNC(=O)COC(=O)CCSc2ccc(F)cc2)c1. The van der Waals surface area contributed by atoms with E-state index >= 15 is 0 Å². The highest BCUT2D eigenvalue weighted by molar-refractivity contribution is 7.99. The molecule has 1 amide bonds. The summed E-state index contributed by atoms with van der Waals surface area (Å²) in [4.78, 5) is 24.3. The van der Waals surface area contributed by atoms with Gasteiger partial charge in [0.2, 0.25) is 0 Å². The molecule has 0 atom stereocenters. The molecule has 1 N–H and O–H groups in total. The number of halogens is 1. The van der Waals surface area contributed by atoms with E-state index < -0.39 is 5.97 Å². The number of rotatable bonds is 9. The normalized spacial score (nSPS) is 10.2. The largest absolute Gasteiger partial charge is 0.497 e. The third-order valence-corrected chi connectivity index (χ3v) is 4.39. The van der Waals surface area contributed by atoms with Crippen molar-refractivity contribution in [2.24, 2.45) is 0 Å². The van der Waals surface area contributed by atoms with Gasteiger partial charge in [-0.3, -0.25) is 9.59 Å². The second-order valence-corrected chi connectivity index (χ2v) is 6.51. The number of nitrogens with one attached hydrogen (secondary N) is 1. The Morgan fingerprint density at radius 2 is 1.92 bits per heavy atom. The maximum Gasteiger partial charge on any atom is 0.307 e. The Labute approximate surface area is 155 Å². The van der Waals surface area contributed by atoms with E-state index in [9.17, 15) is 14.0 Å². The summed E-state index contributed by atoms with van der Waals surface area (Å²) in [7, 11) is 1.57. The van der Waals surface area contributed by atoms with E-state index in [4.69, 9.17) is 9.47 Å². The molecule has 2 rings (SSSR count). The summed E-state index contributed by atoms with van der Waals surface area (Å²) in [6, 6.07) is 13.4. The van der Waals surface area contributed by atoms with Crippen LogP contribution in [0.5, 0.6) is 5.75 Å². The molecular weight excluding hydrogens is 357 g/mol. The molecule has 0 bridgehead atoms. The van der Waals surface area contributed by atoms with Crippen LogP contribution in [0.4, 0.5) is 4.39 Å². The van der Waals surface area contributed by atoms with Crippen LogP contribution in [-0.4, -0.2) is 31.3 Å². The second-order valence-electron chi connectivity index (χ2n) is 5.34. The molecule has 2 aromatic carbocycles. The average Bonchev–Trinajstić information content (AvgIpc) is 2.66. The molecule has 0 aliphatic carbocycles. The third-order valence-electron chi connectivity index (χ3n) is 3.38. The van der Waals surface area contributed by atoms with Gasteiger partial charge in [0, 0.05) is 17.2 Å². The number of carbonyl (C=O) groups is 2. The van der Waals surface area contributed by atoms with Gasteiger partial charge in [-0.1, -0.05) is 12.1 Å². The van der Waals surface area contributed by atoms with Crippen molar-refractivity contribution in [2.45, 2.75) is 17.9 Å². The smallest absolute Gasteiger partial charge is 0.307 e. The second kappa shape index (κ2) is 10.5. The van der Waals surface area contributed by atoms with Gasteiger partial charge in [-0.15, -0.1) is 11.8 Å². The fraction of sp³-hybridized carbons (Fsp3) is 0.263. The highest BCUT2D eigenvalue weighted by Crippen LogP contribution is 2.19. The van der Waals surface area contributed by atoms with Gasteiger partial charge in [0.1, 0.15) is 11.6 Å². The Morgan fingerprint density at radius 1 is 1.15 bits per heavy atom. The molecule has 0 aliphatic rings. The number of ether oxygens (including phenoxy) is 2. The quantitative estimate of drug-likeness (QED) is 0.537. The highest BCUT2D eigenvalue weighted by atomic mass is 32.2. The standard InChI is InChI=1S/C19H20FNO4S/c1-24-16-4-2-3-14(11-16)12-21-18(22)13-25-19(23)9-10-26-17-7-5-15(20)6-8-17/h2-8,11H,9-10,12-13H2,1H3,(H,21,22). The van der Waals surface area contributed by atoms with Crippen LogP contribution < -0.4 is 10.1 Å². The summed E-state index contributed by atoms with van der Waals surface area (Å²) >= 11 is 1.42. The van der Waals surface area contributed by atoms with Crippen molar-refractivity contribution in [2.75, 3.05) is 19.5 Å². The zero-order chi connectivity index (χ0) is 18.8. The van der Waals surface area contributed by atoms with Gasteiger partial charge < -0.3 is 14.8 Å². The number of carbonyl (C=O) groups excluding carboxylic acids is 2. The molecule has 0 fully saturated rings. The predicted octanol–water partition coefficient (Wildman–Crippen LogP) is 3.18. The van der Waals surface area contributed by atoms with E-state index in [1.54, 1.807) is 19.2 Å². The fourth-order valence-electron chi connectivity index (χ4n) is 2.04. The Hall–Kier alpha value is -2.54. The molecule has 0 heterocycles. The third kappa shape index (κ3) is 7.14. The van der Waals surface area contributed by atoms with Gasteiger partial charge in [-0.05, 0) is 42.0 Å². The van der Waals surface area contributed by atoms with E-state index in [0.29, 0.717) is 18.0 Å². The molecule has 0 aliphatic heterocycles. The number of hydrogen-bond acceptors (Lipinski definition) is 5. The Kier molecular flexibility index (Phi) is 7.95. The van der Waals surface area contributed by atoms with Crippen molar-refractivity contribution in [3.8, 4) is 5.75 Å². The van der Waals surface area contributed by atoms with Gasteiger partial charge in [-0.2, -0.15) is 0 Å². The van der Waals surface area contributed by atoms with E-state index in [1.807, 2.05) is 24.3 Å². The van der Waals surface area contributed by atoms with Crippen molar-refractivity contribution in [3.63, 3.8) is 0 Å². The lowest BCUT2D eigenvalue weighted by atomic mass is 10.2. The van der Waals surface area contributed by atoms with E-state index in [0.717, 1.165) is 10.5 Å². The van der Waals surface area contributed by atoms with Crippen LogP contribution in [0.25, 0.3) is 0 Å². The number of methoxy groups -OCH3 is 1. The van der Waals surface area contributed by atoms with Gasteiger partial charge in [0.15, 0.2) is 6.61 Å². The lowest BCUT2D eigenvalue weighted by Gasteiger charge is -2.08. The van der Waals surface area contributed by atoms with Crippen molar-refractivity contribution in [1.82, 2.24) is 5.32 Å². The maximum absolute atomic E-state index is 12.8. The van der Waals surface area contributed by atoms with Crippen molar-refractivity contribution < 1.29 is 23.5 Å². The molecule has 0 aromatic heterocycles. The molecule has 7 heteroatoms. The summed E-state index contributed by atoms with van der Waals surface area (Å²) < 4.78 is 22.9. The minimum Gasteiger partial charge on any atom is -0.497 e. The first kappa shape index (κ1) is 19.8. The molecule has 0 saturated heterocycles. The maximum atomic E-state index is 12.8. The van der Waals surface area contributed by atoms with Crippen LogP contribution in [-0.2, 0) is 20.9 Å². The first-order valence-corrected chi connectivity index (χ1v) is 8.99. The topological polar surface area (TPSA) is 64.6 Å². The molecular formula is C19H20FNO4S. The number of thioether (sulfide) groups is 1. The van der Waals surface area contributed by atoms with E-state index in [1.165, 1.54) is 23.9 Å². The zero-order valence-electron chi connectivity index (χ0n) is 14.4. The monoisotopic (exact) mass is 377 g/mol. The van der Waals surface area contributed by atoms with Crippen LogP contribution >= 0.6 is 11.8 Å². The molecule has 0 spiro atoms. The van der Waals surface area contributed by atoms with Gasteiger partial charge in [0.25, 0.3) is 5.91 Å². The van der Waals surface area contributed by atoms with Crippen LogP contribution in [0.1, 0.15) is 12.0 Å². The van der Waals surface area contributed by atoms with Crippen molar-refractivity contribution in [1.29, 1.82) is 0 Å². The van der Waals surface area contributed by atoms with E-state index in [-0.39, 0.29) is 24.8 Å². The van der Waals surface area contributed by atoms with Crippen LogP contribution in [0, 0.1) is 5.82 Å².